The van der Waals surface area contributed by atoms with Crippen LogP contribution < -0.4 is 0 Å². The SMILES string of the molecule is C=CCC1CCC(COC=C)CC1. The minimum absolute atomic E-state index is 0.763. The average molecular weight is 180 g/mol. The third kappa shape index (κ3) is 3.67. The van der Waals surface area contributed by atoms with Crippen molar-refractivity contribution in [2.45, 2.75) is 32.1 Å². The van der Waals surface area contributed by atoms with E-state index in [0.29, 0.717) is 0 Å². The van der Waals surface area contributed by atoms with Gasteiger partial charge in [0, 0.05) is 0 Å². The van der Waals surface area contributed by atoms with Gasteiger partial charge in [-0.1, -0.05) is 12.7 Å². The Labute approximate surface area is 81.5 Å². The zero-order valence-electron chi connectivity index (χ0n) is 8.37. The number of allylic oxidation sites excluding steroid dienone is 1. The van der Waals surface area contributed by atoms with Crippen molar-refractivity contribution in [2.24, 2.45) is 11.8 Å². The number of ether oxygens (including phenoxy) is 1. The van der Waals surface area contributed by atoms with Crippen LogP contribution in [0.1, 0.15) is 32.1 Å². The molecule has 74 valence electrons. The van der Waals surface area contributed by atoms with Gasteiger partial charge in [0.05, 0.1) is 12.9 Å². The maximum atomic E-state index is 5.21. The molecule has 1 rings (SSSR count). The fourth-order valence-corrected chi connectivity index (χ4v) is 2.07. The fraction of sp³-hybridized carbons (Fsp3) is 0.667. The molecule has 0 aliphatic heterocycles. The van der Waals surface area contributed by atoms with Crippen molar-refractivity contribution < 1.29 is 4.74 Å². The Hall–Kier alpha value is -0.720. The van der Waals surface area contributed by atoms with Gasteiger partial charge in [0.25, 0.3) is 0 Å². The summed E-state index contributed by atoms with van der Waals surface area (Å²) >= 11 is 0. The number of hydrogen-bond donors (Lipinski definition) is 0. The first-order valence-electron chi connectivity index (χ1n) is 5.20. The molecule has 0 bridgehead atoms. The summed E-state index contributed by atoms with van der Waals surface area (Å²) in [6.45, 7) is 8.20. The molecule has 0 unspecified atom stereocenters. The maximum absolute atomic E-state index is 5.21. The highest BCUT2D eigenvalue weighted by molar-refractivity contribution is 4.78. The molecule has 0 atom stereocenters. The minimum Gasteiger partial charge on any atom is -0.502 e. The zero-order valence-corrected chi connectivity index (χ0v) is 8.37. The van der Waals surface area contributed by atoms with E-state index >= 15 is 0 Å². The molecule has 1 aliphatic carbocycles. The van der Waals surface area contributed by atoms with Gasteiger partial charge in [0.1, 0.15) is 0 Å². The van der Waals surface area contributed by atoms with Crippen LogP contribution >= 0.6 is 0 Å². The minimum atomic E-state index is 0.763. The van der Waals surface area contributed by atoms with Gasteiger partial charge in [0.2, 0.25) is 0 Å². The molecule has 0 aromatic rings. The summed E-state index contributed by atoms with van der Waals surface area (Å²) in [4.78, 5) is 0. The quantitative estimate of drug-likeness (QED) is 0.464. The summed E-state index contributed by atoms with van der Waals surface area (Å²) in [6, 6.07) is 0. The van der Waals surface area contributed by atoms with Gasteiger partial charge >= 0.3 is 0 Å². The molecule has 1 nitrogen and oxygen atoms in total. The van der Waals surface area contributed by atoms with E-state index < -0.39 is 0 Å². The van der Waals surface area contributed by atoms with Gasteiger partial charge in [-0.2, -0.15) is 0 Å². The van der Waals surface area contributed by atoms with Gasteiger partial charge in [-0.05, 0) is 43.9 Å². The topological polar surface area (TPSA) is 9.23 Å². The molecule has 1 fully saturated rings. The van der Waals surface area contributed by atoms with Gasteiger partial charge in [-0.3, -0.25) is 0 Å². The summed E-state index contributed by atoms with van der Waals surface area (Å²) in [5.74, 6) is 1.65. The van der Waals surface area contributed by atoms with Gasteiger partial charge in [0.15, 0.2) is 0 Å². The van der Waals surface area contributed by atoms with Crippen LogP contribution in [0.3, 0.4) is 0 Å². The van der Waals surface area contributed by atoms with Gasteiger partial charge in [-0.15, -0.1) is 6.58 Å². The Kier molecular flexibility index (Phi) is 4.66. The molecule has 0 aromatic heterocycles. The Balaban J connectivity index is 2.14. The van der Waals surface area contributed by atoms with E-state index in [1.54, 1.807) is 6.26 Å². The maximum Gasteiger partial charge on any atom is 0.0901 e. The molecule has 0 saturated heterocycles. The lowest BCUT2D eigenvalue weighted by molar-refractivity contribution is 0.149. The summed E-state index contributed by atoms with van der Waals surface area (Å²) in [6.07, 6.45) is 10.1. The second-order valence-corrected chi connectivity index (χ2v) is 3.91. The van der Waals surface area contributed by atoms with E-state index in [-0.39, 0.29) is 0 Å². The van der Waals surface area contributed by atoms with Crippen molar-refractivity contribution in [1.29, 1.82) is 0 Å². The molecule has 0 amide bonds. The highest BCUT2D eigenvalue weighted by Gasteiger charge is 2.20. The number of rotatable bonds is 5. The second-order valence-electron chi connectivity index (χ2n) is 3.91. The first-order valence-corrected chi connectivity index (χ1v) is 5.20. The van der Waals surface area contributed by atoms with Crippen molar-refractivity contribution >= 4 is 0 Å². The smallest absolute Gasteiger partial charge is 0.0901 e. The van der Waals surface area contributed by atoms with Crippen molar-refractivity contribution in [3.8, 4) is 0 Å². The standard InChI is InChI=1S/C12H20O/c1-3-5-11-6-8-12(9-7-11)10-13-4-2/h3-4,11-12H,1-2,5-10H2. The lowest BCUT2D eigenvalue weighted by atomic mass is 9.81. The highest BCUT2D eigenvalue weighted by Crippen LogP contribution is 2.30. The Bertz CT molecular complexity index is 155. The van der Waals surface area contributed by atoms with E-state index in [4.69, 9.17) is 4.74 Å². The van der Waals surface area contributed by atoms with Crippen LogP contribution in [0.4, 0.5) is 0 Å². The molecule has 0 heterocycles. The zero-order chi connectivity index (χ0) is 9.52. The summed E-state index contributed by atoms with van der Waals surface area (Å²) in [5.41, 5.74) is 0. The monoisotopic (exact) mass is 180 g/mol. The Morgan fingerprint density at radius 1 is 1.08 bits per heavy atom. The van der Waals surface area contributed by atoms with Crippen molar-refractivity contribution in [3.63, 3.8) is 0 Å². The molecular formula is C12H20O. The molecule has 0 radical (unpaired) electrons. The predicted molar refractivity (Wildman–Crippen MR) is 56.4 cm³/mol. The van der Waals surface area contributed by atoms with E-state index in [1.807, 2.05) is 6.08 Å². The normalized spacial score (nSPS) is 28.0. The second kappa shape index (κ2) is 5.85. The largest absolute Gasteiger partial charge is 0.502 e. The van der Waals surface area contributed by atoms with Crippen LogP contribution in [-0.2, 0) is 4.74 Å². The molecule has 0 spiro atoms. The Morgan fingerprint density at radius 2 is 1.69 bits per heavy atom. The average Bonchev–Trinajstić information content (AvgIpc) is 2.17. The number of hydrogen-bond acceptors (Lipinski definition) is 1. The summed E-state index contributed by atoms with van der Waals surface area (Å²) in [5, 5.41) is 0. The van der Waals surface area contributed by atoms with E-state index in [0.717, 1.165) is 18.4 Å². The lowest BCUT2D eigenvalue weighted by Gasteiger charge is -2.27. The molecule has 1 saturated carbocycles. The van der Waals surface area contributed by atoms with Gasteiger partial charge in [-0.25, -0.2) is 0 Å². The molecule has 1 aliphatic rings. The third-order valence-electron chi connectivity index (χ3n) is 2.92. The summed E-state index contributed by atoms with van der Waals surface area (Å²) in [7, 11) is 0. The van der Waals surface area contributed by atoms with Gasteiger partial charge < -0.3 is 4.74 Å². The molecule has 0 aromatic carbocycles. The summed E-state index contributed by atoms with van der Waals surface area (Å²) < 4.78 is 5.21. The van der Waals surface area contributed by atoms with Crippen LogP contribution in [0.5, 0.6) is 0 Å². The van der Waals surface area contributed by atoms with Crippen molar-refractivity contribution in [1.82, 2.24) is 0 Å². The highest BCUT2D eigenvalue weighted by atomic mass is 16.5. The van der Waals surface area contributed by atoms with Crippen LogP contribution in [0, 0.1) is 11.8 Å². The van der Waals surface area contributed by atoms with E-state index in [2.05, 4.69) is 13.2 Å². The van der Waals surface area contributed by atoms with E-state index in [1.165, 1.54) is 32.1 Å². The van der Waals surface area contributed by atoms with Crippen LogP contribution in [0.2, 0.25) is 0 Å². The molecule has 0 N–H and O–H groups in total. The van der Waals surface area contributed by atoms with Crippen LogP contribution in [0.15, 0.2) is 25.5 Å². The van der Waals surface area contributed by atoms with E-state index in [9.17, 15) is 0 Å². The lowest BCUT2D eigenvalue weighted by Crippen LogP contribution is -2.17. The Morgan fingerprint density at radius 3 is 2.23 bits per heavy atom. The fourth-order valence-electron chi connectivity index (χ4n) is 2.07. The molecular weight excluding hydrogens is 160 g/mol. The third-order valence-corrected chi connectivity index (χ3v) is 2.92. The predicted octanol–water partition coefficient (Wildman–Crippen LogP) is 3.53. The molecule has 1 heteroatoms. The van der Waals surface area contributed by atoms with Crippen LogP contribution in [0.25, 0.3) is 0 Å². The van der Waals surface area contributed by atoms with Crippen molar-refractivity contribution in [2.75, 3.05) is 6.61 Å². The van der Waals surface area contributed by atoms with Crippen LogP contribution in [-0.4, -0.2) is 6.61 Å². The first kappa shape index (κ1) is 10.4. The first-order chi connectivity index (χ1) is 6.36. The van der Waals surface area contributed by atoms with Crippen molar-refractivity contribution in [3.05, 3.63) is 25.5 Å². The molecule has 13 heavy (non-hydrogen) atoms.